The van der Waals surface area contributed by atoms with Crippen LogP contribution in [0.5, 0.6) is 0 Å². The Balaban J connectivity index is 2.97. The molecule has 82 valence electrons. The Hall–Kier alpha value is -0.710. The van der Waals surface area contributed by atoms with Crippen LogP contribution in [0.1, 0.15) is 32.6 Å². The zero-order chi connectivity index (χ0) is 11.0. The number of aliphatic carboxylic acids is 1. The molecule has 14 heavy (non-hydrogen) atoms. The molecule has 0 heterocycles. The summed E-state index contributed by atoms with van der Waals surface area (Å²) < 4.78 is 26.3. The molecule has 0 saturated heterocycles. The molecule has 3 N–H and O–H groups in total. The van der Waals surface area contributed by atoms with Gasteiger partial charge in [0.2, 0.25) is 0 Å². The Labute approximate surface area is 81.3 Å². The van der Waals surface area contributed by atoms with Crippen LogP contribution in [-0.4, -0.2) is 22.5 Å². The number of alkyl halides is 2. The molecule has 0 aromatic carbocycles. The summed E-state index contributed by atoms with van der Waals surface area (Å²) in [4.78, 5) is 10.8. The summed E-state index contributed by atoms with van der Waals surface area (Å²) in [6, 6.07) is 0. The van der Waals surface area contributed by atoms with Crippen molar-refractivity contribution < 1.29 is 18.7 Å². The minimum Gasteiger partial charge on any atom is -0.480 e. The summed E-state index contributed by atoms with van der Waals surface area (Å²) in [6.07, 6.45) is 2.53. The molecule has 1 aliphatic carbocycles. The van der Waals surface area contributed by atoms with Crippen LogP contribution in [0.25, 0.3) is 0 Å². The maximum absolute atomic E-state index is 13.2. The van der Waals surface area contributed by atoms with Gasteiger partial charge in [-0.25, -0.2) is 13.6 Å². The van der Waals surface area contributed by atoms with Gasteiger partial charge in [0.1, 0.15) is 0 Å². The normalized spacial score (nSPS) is 23.4. The van der Waals surface area contributed by atoms with E-state index in [0.29, 0.717) is 19.8 Å². The van der Waals surface area contributed by atoms with Gasteiger partial charge in [-0.05, 0) is 18.8 Å². The van der Waals surface area contributed by atoms with E-state index in [1.54, 1.807) is 0 Å². The molecule has 3 nitrogen and oxygen atoms in total. The first-order chi connectivity index (χ1) is 6.30. The Morgan fingerprint density at radius 1 is 1.43 bits per heavy atom. The highest BCUT2D eigenvalue weighted by molar-refractivity contribution is 5.80. The average molecular weight is 207 g/mol. The van der Waals surface area contributed by atoms with Crippen molar-refractivity contribution in [2.24, 2.45) is 11.7 Å². The maximum Gasteiger partial charge on any atom is 0.330 e. The molecule has 0 aromatic heterocycles. The van der Waals surface area contributed by atoms with Crippen LogP contribution < -0.4 is 5.73 Å². The number of rotatable bonds is 3. The van der Waals surface area contributed by atoms with Crippen molar-refractivity contribution in [2.45, 2.75) is 44.1 Å². The third-order valence-electron chi connectivity index (χ3n) is 3.08. The predicted molar refractivity (Wildman–Crippen MR) is 47.1 cm³/mol. The molecule has 1 saturated carbocycles. The van der Waals surface area contributed by atoms with Crippen LogP contribution in [0.15, 0.2) is 0 Å². The minimum atomic E-state index is -3.38. The first-order valence-electron chi connectivity index (χ1n) is 4.70. The van der Waals surface area contributed by atoms with Gasteiger partial charge in [0.05, 0.1) is 0 Å². The van der Waals surface area contributed by atoms with Crippen LogP contribution in [0, 0.1) is 5.92 Å². The minimum absolute atomic E-state index is 0.478. The third kappa shape index (κ3) is 1.61. The largest absolute Gasteiger partial charge is 0.480 e. The predicted octanol–water partition coefficient (Wildman–Crippen LogP) is 1.61. The Bertz CT molecular complexity index is 233. The maximum atomic E-state index is 13.2. The van der Waals surface area contributed by atoms with E-state index in [9.17, 15) is 13.6 Å². The summed E-state index contributed by atoms with van der Waals surface area (Å²) in [7, 11) is 0. The van der Waals surface area contributed by atoms with Crippen LogP contribution in [0.3, 0.4) is 0 Å². The fourth-order valence-electron chi connectivity index (χ4n) is 2.10. The molecular formula is C9H15F2NO2. The van der Waals surface area contributed by atoms with Gasteiger partial charge >= 0.3 is 5.97 Å². The molecule has 1 rings (SSSR count). The number of carboxylic acid groups (broad SMARTS) is 1. The summed E-state index contributed by atoms with van der Waals surface area (Å²) in [5, 5.41) is 8.82. The summed E-state index contributed by atoms with van der Waals surface area (Å²) >= 11 is 0. The second kappa shape index (κ2) is 3.46. The number of halogens is 2. The number of carboxylic acids is 1. The Morgan fingerprint density at radius 2 is 1.86 bits per heavy atom. The van der Waals surface area contributed by atoms with Crippen molar-refractivity contribution >= 4 is 5.97 Å². The fourth-order valence-corrected chi connectivity index (χ4v) is 2.10. The van der Waals surface area contributed by atoms with E-state index >= 15 is 0 Å². The van der Waals surface area contributed by atoms with Crippen molar-refractivity contribution in [3.05, 3.63) is 0 Å². The van der Waals surface area contributed by atoms with Gasteiger partial charge in [-0.3, -0.25) is 0 Å². The highest BCUT2D eigenvalue weighted by atomic mass is 19.3. The van der Waals surface area contributed by atoms with E-state index in [0.717, 1.165) is 12.8 Å². The summed E-state index contributed by atoms with van der Waals surface area (Å²) in [5.41, 5.74) is 2.97. The topological polar surface area (TPSA) is 63.3 Å². The zero-order valence-electron chi connectivity index (χ0n) is 8.09. The monoisotopic (exact) mass is 207 g/mol. The smallest absolute Gasteiger partial charge is 0.330 e. The van der Waals surface area contributed by atoms with E-state index in [1.807, 2.05) is 0 Å². The zero-order valence-corrected chi connectivity index (χ0v) is 8.09. The quantitative estimate of drug-likeness (QED) is 0.739. The summed E-state index contributed by atoms with van der Waals surface area (Å²) in [5.74, 6) is -5.59. The lowest BCUT2D eigenvalue weighted by molar-refractivity contribution is -0.165. The first-order valence-corrected chi connectivity index (χ1v) is 4.70. The van der Waals surface area contributed by atoms with E-state index in [-0.39, 0.29) is 0 Å². The number of hydrogen-bond donors (Lipinski definition) is 2. The van der Waals surface area contributed by atoms with Crippen molar-refractivity contribution in [3.63, 3.8) is 0 Å². The highest BCUT2D eigenvalue weighted by Crippen LogP contribution is 2.41. The van der Waals surface area contributed by atoms with E-state index in [1.165, 1.54) is 0 Å². The molecule has 0 amide bonds. The van der Waals surface area contributed by atoms with Gasteiger partial charge in [-0.1, -0.05) is 12.8 Å². The fraction of sp³-hybridized carbons (Fsp3) is 0.889. The summed E-state index contributed by atoms with van der Waals surface area (Å²) in [6.45, 7) is 0.583. The van der Waals surface area contributed by atoms with Crippen molar-refractivity contribution in [1.82, 2.24) is 0 Å². The second-order valence-electron chi connectivity index (χ2n) is 4.04. The molecule has 5 heteroatoms. The molecule has 0 radical (unpaired) electrons. The van der Waals surface area contributed by atoms with Crippen LogP contribution >= 0.6 is 0 Å². The van der Waals surface area contributed by atoms with Crippen LogP contribution in [0.2, 0.25) is 0 Å². The first kappa shape index (κ1) is 11.4. The number of nitrogens with two attached hydrogens (primary N) is 1. The van der Waals surface area contributed by atoms with E-state index in [4.69, 9.17) is 10.8 Å². The lowest BCUT2D eigenvalue weighted by atomic mass is 9.79. The van der Waals surface area contributed by atoms with Gasteiger partial charge in [0, 0.05) is 6.92 Å². The van der Waals surface area contributed by atoms with E-state index < -0.39 is 23.3 Å². The van der Waals surface area contributed by atoms with Gasteiger partial charge < -0.3 is 10.8 Å². The Kier molecular flexibility index (Phi) is 2.81. The average Bonchev–Trinajstić information content (AvgIpc) is 2.52. The van der Waals surface area contributed by atoms with Gasteiger partial charge in [0.15, 0.2) is 5.54 Å². The van der Waals surface area contributed by atoms with Crippen molar-refractivity contribution in [2.75, 3.05) is 0 Å². The van der Waals surface area contributed by atoms with Crippen LogP contribution in [-0.2, 0) is 4.79 Å². The van der Waals surface area contributed by atoms with Crippen molar-refractivity contribution in [3.8, 4) is 0 Å². The molecular weight excluding hydrogens is 192 g/mol. The molecule has 0 aliphatic heterocycles. The second-order valence-corrected chi connectivity index (χ2v) is 4.04. The standard InChI is InChI=1S/C9H15F2NO2/c1-8(10,11)9(12,7(13)14)6-4-2-3-5-6/h6H,2-5,12H2,1H3,(H,13,14). The molecule has 1 unspecified atom stereocenters. The molecule has 1 aliphatic rings. The lowest BCUT2D eigenvalue weighted by Crippen LogP contribution is -2.64. The molecule has 1 atom stereocenters. The SMILES string of the molecule is CC(F)(F)C(N)(C(=O)O)C1CCCC1. The van der Waals surface area contributed by atoms with Crippen LogP contribution in [0.4, 0.5) is 8.78 Å². The number of hydrogen-bond acceptors (Lipinski definition) is 2. The van der Waals surface area contributed by atoms with Gasteiger partial charge in [-0.2, -0.15) is 0 Å². The molecule has 0 spiro atoms. The van der Waals surface area contributed by atoms with Gasteiger partial charge in [0.25, 0.3) is 5.92 Å². The van der Waals surface area contributed by atoms with Crippen molar-refractivity contribution in [1.29, 1.82) is 0 Å². The Morgan fingerprint density at radius 3 is 2.14 bits per heavy atom. The number of carbonyl (C=O) groups is 1. The molecule has 0 aromatic rings. The van der Waals surface area contributed by atoms with Gasteiger partial charge in [-0.15, -0.1) is 0 Å². The van der Waals surface area contributed by atoms with E-state index in [2.05, 4.69) is 0 Å². The lowest BCUT2D eigenvalue weighted by Gasteiger charge is -2.35. The third-order valence-corrected chi connectivity index (χ3v) is 3.08. The molecule has 0 bridgehead atoms. The molecule has 1 fully saturated rings. The highest BCUT2D eigenvalue weighted by Gasteiger charge is 2.58.